The van der Waals surface area contributed by atoms with Crippen LogP contribution >= 0.6 is 11.6 Å². The van der Waals surface area contributed by atoms with Crippen LogP contribution in [0.1, 0.15) is 44.0 Å². The number of carbonyl (C=O) groups excluding carboxylic acids is 3. The first kappa shape index (κ1) is 23.6. The number of carbonyl (C=O) groups is 3. The molecule has 10 heteroatoms. The highest BCUT2D eigenvalue weighted by atomic mass is 35.5. The van der Waals surface area contributed by atoms with Crippen LogP contribution in [0.4, 0.5) is 5.69 Å². The summed E-state index contributed by atoms with van der Waals surface area (Å²) in [5.41, 5.74) is -0.134. The molecule has 1 aliphatic rings. The van der Waals surface area contributed by atoms with Crippen molar-refractivity contribution in [3.05, 3.63) is 38.9 Å². The summed E-state index contributed by atoms with van der Waals surface area (Å²) < 4.78 is 0. The summed E-state index contributed by atoms with van der Waals surface area (Å²) in [5.74, 6) is -0.628. The van der Waals surface area contributed by atoms with Crippen molar-refractivity contribution in [2.75, 3.05) is 19.6 Å². The Hall–Kier alpha value is -2.68. The quantitative estimate of drug-likeness (QED) is 0.500. The number of nitrogens with zero attached hydrogens (tertiary/aromatic N) is 2. The number of nitro benzene ring substituents is 1. The Balaban J connectivity index is 2.02. The molecule has 0 saturated carbocycles. The molecule has 2 N–H and O–H groups in total. The van der Waals surface area contributed by atoms with Crippen LogP contribution in [0.2, 0.25) is 5.02 Å². The second-order valence-electron chi connectivity index (χ2n) is 7.82. The van der Waals surface area contributed by atoms with Crippen LogP contribution in [0, 0.1) is 22.0 Å². The van der Waals surface area contributed by atoms with Gasteiger partial charge in [0, 0.05) is 38.7 Å². The first-order valence-corrected chi connectivity index (χ1v) is 10.3. The van der Waals surface area contributed by atoms with Crippen LogP contribution in [0.3, 0.4) is 0 Å². The van der Waals surface area contributed by atoms with E-state index in [0.29, 0.717) is 25.6 Å². The lowest BCUT2D eigenvalue weighted by Crippen LogP contribution is -2.53. The molecule has 0 aliphatic carbocycles. The molecule has 0 bridgehead atoms. The molecular weight excluding hydrogens is 412 g/mol. The summed E-state index contributed by atoms with van der Waals surface area (Å²) in [4.78, 5) is 48.7. The maximum atomic E-state index is 13.0. The first-order chi connectivity index (χ1) is 14.1. The van der Waals surface area contributed by atoms with E-state index in [1.54, 1.807) is 4.90 Å². The molecule has 1 unspecified atom stereocenters. The van der Waals surface area contributed by atoms with Crippen LogP contribution in [0.15, 0.2) is 18.2 Å². The monoisotopic (exact) mass is 438 g/mol. The van der Waals surface area contributed by atoms with Crippen LogP contribution in [-0.2, 0) is 9.59 Å². The molecule has 1 aliphatic heterocycles. The molecule has 1 aromatic carbocycles. The van der Waals surface area contributed by atoms with Crippen molar-refractivity contribution < 1.29 is 19.3 Å². The number of nitro groups is 1. The molecule has 1 saturated heterocycles. The van der Waals surface area contributed by atoms with E-state index in [9.17, 15) is 24.5 Å². The fourth-order valence-electron chi connectivity index (χ4n) is 3.38. The average molecular weight is 439 g/mol. The van der Waals surface area contributed by atoms with Crippen molar-refractivity contribution in [3.8, 4) is 0 Å². The molecule has 9 nitrogen and oxygen atoms in total. The Bertz CT molecular complexity index is 821. The third-order valence-electron chi connectivity index (χ3n) is 5.19. The van der Waals surface area contributed by atoms with Gasteiger partial charge < -0.3 is 15.5 Å². The van der Waals surface area contributed by atoms with E-state index in [2.05, 4.69) is 10.6 Å². The molecule has 2 rings (SSSR count). The summed E-state index contributed by atoms with van der Waals surface area (Å²) >= 11 is 6.04. The maximum Gasteiger partial charge on any atom is 0.270 e. The zero-order valence-electron chi connectivity index (χ0n) is 17.3. The van der Waals surface area contributed by atoms with E-state index in [4.69, 9.17) is 11.6 Å². The minimum absolute atomic E-state index is 0.0459. The van der Waals surface area contributed by atoms with Gasteiger partial charge in [0.05, 0.1) is 15.5 Å². The van der Waals surface area contributed by atoms with Crippen molar-refractivity contribution in [1.29, 1.82) is 0 Å². The van der Waals surface area contributed by atoms with E-state index < -0.39 is 16.9 Å². The molecular formula is C20H27ClN4O5. The molecule has 0 radical (unpaired) electrons. The second-order valence-corrected chi connectivity index (χ2v) is 8.23. The lowest BCUT2D eigenvalue weighted by molar-refractivity contribution is -0.384. The summed E-state index contributed by atoms with van der Waals surface area (Å²) in [6, 6.07) is 2.86. The number of nitrogens with one attached hydrogen (secondary N) is 2. The first-order valence-electron chi connectivity index (χ1n) is 9.88. The summed E-state index contributed by atoms with van der Waals surface area (Å²) in [5, 5.41) is 16.3. The molecule has 1 atom stereocenters. The Labute approximate surface area is 180 Å². The van der Waals surface area contributed by atoms with Crippen LogP contribution in [0.5, 0.6) is 0 Å². The smallest absolute Gasteiger partial charge is 0.270 e. The number of likely N-dealkylation sites (tertiary alicyclic amines) is 1. The summed E-state index contributed by atoms with van der Waals surface area (Å²) in [7, 11) is 0. The van der Waals surface area contributed by atoms with Gasteiger partial charge in [0.2, 0.25) is 11.8 Å². The fraction of sp³-hybridized carbons (Fsp3) is 0.550. The van der Waals surface area contributed by atoms with Gasteiger partial charge in [-0.15, -0.1) is 0 Å². The topological polar surface area (TPSA) is 122 Å². The van der Waals surface area contributed by atoms with Crippen molar-refractivity contribution in [3.63, 3.8) is 0 Å². The number of rotatable bonds is 7. The Kier molecular flexibility index (Phi) is 8.16. The number of amides is 3. The number of halogens is 1. The van der Waals surface area contributed by atoms with Crippen molar-refractivity contribution >= 4 is 35.0 Å². The number of hydrogen-bond acceptors (Lipinski definition) is 5. The zero-order chi connectivity index (χ0) is 22.4. The van der Waals surface area contributed by atoms with E-state index in [-0.39, 0.29) is 34.0 Å². The van der Waals surface area contributed by atoms with Crippen molar-refractivity contribution in [1.82, 2.24) is 15.5 Å². The molecule has 164 valence electrons. The second kappa shape index (κ2) is 10.4. The van der Waals surface area contributed by atoms with E-state index in [0.717, 1.165) is 18.9 Å². The van der Waals surface area contributed by atoms with Gasteiger partial charge in [-0.25, -0.2) is 0 Å². The van der Waals surface area contributed by atoms with Gasteiger partial charge in [0.1, 0.15) is 6.04 Å². The largest absolute Gasteiger partial charge is 0.356 e. The zero-order valence-corrected chi connectivity index (χ0v) is 18.1. The molecule has 1 aromatic rings. The highest BCUT2D eigenvalue weighted by Crippen LogP contribution is 2.23. The Morgan fingerprint density at radius 3 is 2.40 bits per heavy atom. The normalized spacial score (nSPS) is 15.6. The van der Waals surface area contributed by atoms with E-state index in [1.165, 1.54) is 19.1 Å². The Morgan fingerprint density at radius 2 is 1.90 bits per heavy atom. The lowest BCUT2D eigenvalue weighted by atomic mass is 9.94. The number of hydrogen-bond donors (Lipinski definition) is 2. The molecule has 0 spiro atoms. The van der Waals surface area contributed by atoms with Crippen molar-refractivity contribution in [2.45, 2.75) is 39.7 Å². The van der Waals surface area contributed by atoms with Crippen molar-refractivity contribution in [2.24, 2.45) is 11.8 Å². The minimum atomic E-state index is -0.740. The van der Waals surface area contributed by atoms with Gasteiger partial charge in [-0.3, -0.25) is 24.5 Å². The summed E-state index contributed by atoms with van der Waals surface area (Å²) in [6.45, 7) is 6.86. The molecule has 1 fully saturated rings. The third-order valence-corrected chi connectivity index (χ3v) is 5.51. The Morgan fingerprint density at radius 1 is 1.27 bits per heavy atom. The van der Waals surface area contributed by atoms with Gasteiger partial charge in [0.15, 0.2) is 0 Å². The molecule has 0 aromatic heterocycles. The molecule has 3 amide bonds. The van der Waals surface area contributed by atoms with E-state index in [1.807, 2.05) is 13.8 Å². The van der Waals surface area contributed by atoms with Gasteiger partial charge in [-0.2, -0.15) is 0 Å². The maximum absolute atomic E-state index is 13.0. The fourth-order valence-corrected chi connectivity index (χ4v) is 3.64. The van der Waals surface area contributed by atoms with E-state index >= 15 is 0 Å². The van der Waals surface area contributed by atoms with Gasteiger partial charge in [-0.05, 0) is 30.7 Å². The SMILES string of the molecule is CC(=O)NCC1CCN(C(=O)C(NC(=O)c2ccc([N+](=O)[O-])cc2Cl)C(C)C)CC1. The highest BCUT2D eigenvalue weighted by molar-refractivity contribution is 6.34. The van der Waals surface area contributed by atoms with Crippen LogP contribution in [-0.4, -0.2) is 53.2 Å². The number of piperidine rings is 1. The lowest BCUT2D eigenvalue weighted by Gasteiger charge is -2.35. The highest BCUT2D eigenvalue weighted by Gasteiger charge is 2.32. The van der Waals surface area contributed by atoms with Crippen LogP contribution in [0.25, 0.3) is 0 Å². The van der Waals surface area contributed by atoms with Gasteiger partial charge in [0.25, 0.3) is 11.6 Å². The predicted octanol–water partition coefficient (Wildman–Crippen LogP) is 2.38. The van der Waals surface area contributed by atoms with Gasteiger partial charge in [-0.1, -0.05) is 25.4 Å². The number of non-ortho nitro benzene ring substituents is 1. The average Bonchev–Trinajstić information content (AvgIpc) is 2.69. The predicted molar refractivity (Wildman–Crippen MR) is 112 cm³/mol. The third kappa shape index (κ3) is 6.16. The van der Waals surface area contributed by atoms with Gasteiger partial charge >= 0.3 is 0 Å². The minimum Gasteiger partial charge on any atom is -0.356 e. The van der Waals surface area contributed by atoms with Crippen LogP contribution < -0.4 is 10.6 Å². The summed E-state index contributed by atoms with van der Waals surface area (Å²) in [6.07, 6.45) is 1.55. The molecule has 30 heavy (non-hydrogen) atoms. The standard InChI is InChI=1S/C20H27ClN4O5/c1-12(2)18(20(28)24-8-6-14(7-9-24)11-22-13(3)26)23-19(27)16-5-4-15(25(29)30)10-17(16)21/h4-5,10,12,14,18H,6-9,11H2,1-3H3,(H,22,26)(H,23,27). The molecule has 1 heterocycles. The number of benzene rings is 1.